The van der Waals surface area contributed by atoms with Gasteiger partial charge in [0.05, 0.1) is 0 Å². The first kappa shape index (κ1) is 20.6. The number of benzene rings is 2. The predicted molar refractivity (Wildman–Crippen MR) is 112 cm³/mol. The number of ether oxygens (including phenoxy) is 1. The van der Waals surface area contributed by atoms with Crippen LogP contribution >= 0.6 is 0 Å². The summed E-state index contributed by atoms with van der Waals surface area (Å²) in [6.07, 6.45) is 3.97. The van der Waals surface area contributed by atoms with Crippen molar-refractivity contribution in [2.24, 2.45) is 5.41 Å². The second-order valence-corrected chi connectivity index (χ2v) is 7.69. The monoisotopic (exact) mass is 363 g/mol. The molecule has 0 amide bonds. The molecule has 142 valence electrons. The number of likely N-dealkylation sites (N-methyl/N-ethyl adjacent to an activating group) is 1. The SMILES string of the molecule is CN(CC=CC#CC(C)(C)C)Cc1ccc(O)c(OCc2ccccc2)c1. The molecule has 0 bridgehead atoms. The van der Waals surface area contributed by atoms with Crippen molar-refractivity contribution < 1.29 is 9.84 Å². The molecular weight excluding hydrogens is 334 g/mol. The van der Waals surface area contributed by atoms with E-state index < -0.39 is 0 Å². The van der Waals surface area contributed by atoms with E-state index in [1.807, 2.05) is 48.5 Å². The number of nitrogens with zero attached hydrogens (tertiary/aromatic N) is 1. The first-order chi connectivity index (χ1) is 12.8. The largest absolute Gasteiger partial charge is 0.504 e. The molecule has 0 saturated heterocycles. The van der Waals surface area contributed by atoms with Gasteiger partial charge in [0.25, 0.3) is 0 Å². The van der Waals surface area contributed by atoms with Crippen LogP contribution in [0.15, 0.2) is 60.7 Å². The minimum absolute atomic E-state index is 0.0262. The van der Waals surface area contributed by atoms with Crippen molar-refractivity contribution in [1.29, 1.82) is 0 Å². The topological polar surface area (TPSA) is 32.7 Å². The lowest BCUT2D eigenvalue weighted by Gasteiger charge is -2.16. The van der Waals surface area contributed by atoms with Crippen molar-refractivity contribution in [3.05, 3.63) is 71.8 Å². The van der Waals surface area contributed by atoms with Crippen LogP contribution < -0.4 is 4.74 Å². The third kappa shape index (κ3) is 8.02. The van der Waals surface area contributed by atoms with Crippen LogP contribution in [-0.2, 0) is 13.2 Å². The van der Waals surface area contributed by atoms with Gasteiger partial charge in [0.1, 0.15) is 6.61 Å². The normalized spacial score (nSPS) is 11.4. The van der Waals surface area contributed by atoms with Crippen LogP contribution in [0.3, 0.4) is 0 Å². The smallest absolute Gasteiger partial charge is 0.161 e. The van der Waals surface area contributed by atoms with E-state index in [1.54, 1.807) is 6.07 Å². The Labute approximate surface area is 163 Å². The molecule has 0 aliphatic rings. The summed E-state index contributed by atoms with van der Waals surface area (Å²) in [6, 6.07) is 15.4. The summed E-state index contributed by atoms with van der Waals surface area (Å²) in [6.45, 7) is 8.30. The third-order valence-electron chi connectivity index (χ3n) is 3.78. The second-order valence-electron chi connectivity index (χ2n) is 7.69. The second kappa shape index (κ2) is 9.85. The minimum atomic E-state index is 0.0262. The summed E-state index contributed by atoms with van der Waals surface area (Å²) in [5, 5.41) is 10.0. The number of phenols is 1. The van der Waals surface area contributed by atoms with Crippen molar-refractivity contribution in [1.82, 2.24) is 4.90 Å². The van der Waals surface area contributed by atoms with Gasteiger partial charge in [-0.25, -0.2) is 0 Å². The van der Waals surface area contributed by atoms with Gasteiger partial charge in [-0.05, 0) is 57.2 Å². The molecule has 0 spiro atoms. The standard InChI is InChI=1S/C24H29NO2/c1-24(2,3)15-9-6-10-16-25(4)18-21-13-14-22(26)23(17-21)27-19-20-11-7-5-8-12-20/h5-8,10-14,17,26H,16,18-19H2,1-4H3. The molecule has 0 atom stereocenters. The summed E-state index contributed by atoms with van der Waals surface area (Å²) in [4.78, 5) is 2.18. The van der Waals surface area contributed by atoms with Crippen LogP contribution in [-0.4, -0.2) is 23.6 Å². The summed E-state index contributed by atoms with van der Waals surface area (Å²) in [5.74, 6) is 6.94. The van der Waals surface area contributed by atoms with Gasteiger partial charge in [0, 0.05) is 18.5 Å². The van der Waals surface area contributed by atoms with E-state index >= 15 is 0 Å². The first-order valence-electron chi connectivity index (χ1n) is 9.18. The molecular formula is C24H29NO2. The maximum Gasteiger partial charge on any atom is 0.161 e. The van der Waals surface area contributed by atoms with Crippen molar-refractivity contribution in [3.8, 4) is 23.3 Å². The van der Waals surface area contributed by atoms with E-state index in [0.717, 1.165) is 24.2 Å². The summed E-state index contributed by atoms with van der Waals surface area (Å²) >= 11 is 0. The molecule has 0 aromatic heterocycles. The summed E-state index contributed by atoms with van der Waals surface area (Å²) in [5.41, 5.74) is 2.19. The van der Waals surface area contributed by atoms with Crippen molar-refractivity contribution in [3.63, 3.8) is 0 Å². The van der Waals surface area contributed by atoms with Crippen molar-refractivity contribution >= 4 is 0 Å². The van der Waals surface area contributed by atoms with Gasteiger partial charge in [-0.15, -0.1) is 0 Å². The molecule has 0 fully saturated rings. The molecule has 0 aliphatic heterocycles. The lowest BCUT2D eigenvalue weighted by Crippen LogP contribution is -2.17. The molecule has 27 heavy (non-hydrogen) atoms. The molecule has 2 aromatic rings. The molecule has 0 heterocycles. The molecule has 2 rings (SSSR count). The Kier molecular flexibility index (Phi) is 7.52. The molecule has 0 aliphatic carbocycles. The molecule has 0 radical (unpaired) electrons. The maximum absolute atomic E-state index is 10.0. The minimum Gasteiger partial charge on any atom is -0.504 e. The van der Waals surface area contributed by atoms with E-state index in [1.165, 1.54) is 0 Å². The number of allylic oxidation sites excluding steroid dienone is 1. The van der Waals surface area contributed by atoms with Crippen LogP contribution in [0.4, 0.5) is 0 Å². The summed E-state index contributed by atoms with van der Waals surface area (Å²) < 4.78 is 5.79. The zero-order chi connectivity index (χ0) is 19.7. The highest BCUT2D eigenvalue weighted by Crippen LogP contribution is 2.28. The Morgan fingerprint density at radius 1 is 1.07 bits per heavy atom. The van der Waals surface area contributed by atoms with Crippen molar-refractivity contribution in [2.75, 3.05) is 13.6 Å². The van der Waals surface area contributed by atoms with Gasteiger partial charge in [-0.3, -0.25) is 4.90 Å². The lowest BCUT2D eigenvalue weighted by atomic mass is 9.98. The summed E-state index contributed by atoms with van der Waals surface area (Å²) in [7, 11) is 2.05. The van der Waals surface area contributed by atoms with Crippen LogP contribution in [0.5, 0.6) is 11.5 Å². The molecule has 0 unspecified atom stereocenters. The highest BCUT2D eigenvalue weighted by molar-refractivity contribution is 5.42. The quantitative estimate of drug-likeness (QED) is 0.702. The molecule has 2 aromatic carbocycles. The van der Waals surface area contributed by atoms with E-state index in [9.17, 15) is 5.11 Å². The zero-order valence-electron chi connectivity index (χ0n) is 16.7. The Bertz CT molecular complexity index is 808. The van der Waals surface area contributed by atoms with Crippen LogP contribution in [0.1, 0.15) is 31.9 Å². The van der Waals surface area contributed by atoms with Crippen molar-refractivity contribution in [2.45, 2.75) is 33.9 Å². The molecule has 3 heteroatoms. The first-order valence-corrected chi connectivity index (χ1v) is 9.18. The average Bonchev–Trinajstić information content (AvgIpc) is 2.62. The number of phenolic OH excluding ortho intramolecular Hbond substituents is 1. The van der Waals surface area contributed by atoms with E-state index in [0.29, 0.717) is 12.4 Å². The fourth-order valence-corrected chi connectivity index (χ4v) is 2.43. The fraction of sp³-hybridized carbons (Fsp3) is 0.333. The average molecular weight is 364 g/mol. The molecule has 0 saturated carbocycles. The number of hydrogen-bond donors (Lipinski definition) is 1. The van der Waals surface area contributed by atoms with Crippen LogP contribution in [0, 0.1) is 17.3 Å². The Morgan fingerprint density at radius 3 is 2.52 bits per heavy atom. The highest BCUT2D eigenvalue weighted by Gasteiger charge is 2.06. The predicted octanol–water partition coefficient (Wildman–Crippen LogP) is 5.01. The van der Waals surface area contributed by atoms with Gasteiger partial charge < -0.3 is 9.84 Å². The third-order valence-corrected chi connectivity index (χ3v) is 3.78. The van der Waals surface area contributed by atoms with Gasteiger partial charge >= 0.3 is 0 Å². The Hall–Kier alpha value is -2.70. The Balaban J connectivity index is 1.90. The molecule has 1 N–H and O–H groups in total. The lowest BCUT2D eigenvalue weighted by molar-refractivity contribution is 0.287. The zero-order valence-corrected chi connectivity index (χ0v) is 16.7. The number of aromatic hydroxyl groups is 1. The van der Waals surface area contributed by atoms with Crippen LogP contribution in [0.25, 0.3) is 0 Å². The maximum atomic E-state index is 10.0. The van der Waals surface area contributed by atoms with Gasteiger partial charge in [0.2, 0.25) is 0 Å². The fourth-order valence-electron chi connectivity index (χ4n) is 2.43. The van der Waals surface area contributed by atoms with Gasteiger partial charge in [-0.2, -0.15) is 0 Å². The highest BCUT2D eigenvalue weighted by atomic mass is 16.5. The Morgan fingerprint density at radius 2 is 1.81 bits per heavy atom. The number of rotatable bonds is 7. The number of hydrogen-bond acceptors (Lipinski definition) is 3. The van der Waals surface area contributed by atoms with Gasteiger partial charge in [0.15, 0.2) is 11.5 Å². The van der Waals surface area contributed by atoms with Crippen LogP contribution in [0.2, 0.25) is 0 Å². The van der Waals surface area contributed by atoms with E-state index in [2.05, 4.69) is 50.6 Å². The van der Waals surface area contributed by atoms with E-state index in [-0.39, 0.29) is 11.2 Å². The van der Waals surface area contributed by atoms with Gasteiger partial charge in [-0.1, -0.05) is 54.3 Å². The van der Waals surface area contributed by atoms with E-state index in [4.69, 9.17) is 4.74 Å². The molecule has 3 nitrogen and oxygen atoms in total.